The van der Waals surface area contributed by atoms with Gasteiger partial charge in [-0.05, 0) is 38.1 Å². The number of nitrogens with one attached hydrogen (secondary N) is 1. The predicted molar refractivity (Wildman–Crippen MR) is 99.8 cm³/mol. The molecule has 1 aliphatic rings. The third-order valence-corrected chi connectivity index (χ3v) is 4.80. The number of halogens is 2. The molecule has 1 aromatic carbocycles. The Hall–Kier alpha value is -2.75. The predicted octanol–water partition coefficient (Wildman–Crippen LogP) is 2.05. The van der Waals surface area contributed by atoms with Crippen LogP contribution in [0.1, 0.15) is 19.8 Å². The zero-order valence-corrected chi connectivity index (χ0v) is 15.7. The molecular weight excluding hydrogens is 372 g/mol. The third kappa shape index (κ3) is 4.38. The number of piperidine rings is 1. The van der Waals surface area contributed by atoms with Crippen molar-refractivity contribution in [2.75, 3.05) is 25.0 Å². The van der Waals surface area contributed by atoms with E-state index in [1.54, 1.807) is 0 Å². The van der Waals surface area contributed by atoms with Gasteiger partial charge >= 0.3 is 6.61 Å². The number of phenolic OH excluding ortho intramolecular Hbond substituents is 1. The van der Waals surface area contributed by atoms with Crippen LogP contribution in [0.4, 0.5) is 14.6 Å². The molecule has 152 valence electrons. The van der Waals surface area contributed by atoms with Gasteiger partial charge in [-0.3, -0.25) is 9.36 Å². The van der Waals surface area contributed by atoms with Crippen LogP contribution in [0.25, 0.3) is 11.4 Å². The summed E-state index contributed by atoms with van der Waals surface area (Å²) in [6.45, 7) is 1.92. The highest BCUT2D eigenvalue weighted by molar-refractivity contribution is 5.65. The zero-order valence-electron chi connectivity index (χ0n) is 15.7. The molecule has 1 saturated heterocycles. The van der Waals surface area contributed by atoms with Gasteiger partial charge in [-0.1, -0.05) is 6.92 Å². The number of nitrogens with zero attached hydrogens (tertiary/aromatic N) is 4. The molecule has 0 saturated carbocycles. The van der Waals surface area contributed by atoms with Gasteiger partial charge in [-0.15, -0.1) is 10.2 Å². The van der Waals surface area contributed by atoms with Crippen molar-refractivity contribution in [2.24, 2.45) is 7.05 Å². The van der Waals surface area contributed by atoms with Gasteiger partial charge in [-0.2, -0.15) is 8.78 Å². The molecule has 2 N–H and O–H groups in total. The Morgan fingerprint density at radius 3 is 2.86 bits per heavy atom. The monoisotopic (exact) mass is 395 g/mol. The van der Waals surface area contributed by atoms with Crippen LogP contribution in [0.2, 0.25) is 0 Å². The first kappa shape index (κ1) is 20.0. The van der Waals surface area contributed by atoms with Gasteiger partial charge in [0.25, 0.3) is 5.56 Å². The van der Waals surface area contributed by atoms with E-state index in [9.17, 15) is 18.7 Å². The van der Waals surface area contributed by atoms with E-state index in [1.165, 1.54) is 23.7 Å². The molecular formula is C18H23F2N5O3. The van der Waals surface area contributed by atoms with Gasteiger partial charge < -0.3 is 20.1 Å². The Labute approximate surface area is 160 Å². The smallest absolute Gasteiger partial charge is 0.387 e. The fourth-order valence-electron chi connectivity index (χ4n) is 3.32. The van der Waals surface area contributed by atoms with E-state index < -0.39 is 6.61 Å². The van der Waals surface area contributed by atoms with Gasteiger partial charge in [0, 0.05) is 25.7 Å². The van der Waals surface area contributed by atoms with E-state index in [4.69, 9.17) is 0 Å². The molecule has 0 spiro atoms. The number of hydrogen-bond donors (Lipinski definition) is 2. The fourth-order valence-corrected chi connectivity index (χ4v) is 3.32. The normalized spacial score (nSPS) is 17.7. The molecule has 1 atom stereocenters. The van der Waals surface area contributed by atoms with Gasteiger partial charge in [0.2, 0.25) is 5.82 Å². The Balaban J connectivity index is 1.83. The molecule has 0 bridgehead atoms. The summed E-state index contributed by atoms with van der Waals surface area (Å²) in [5.41, 5.74) is -0.194. The highest BCUT2D eigenvalue weighted by atomic mass is 19.3. The molecule has 0 radical (unpaired) electrons. The average Bonchev–Trinajstić information content (AvgIpc) is 2.66. The highest BCUT2D eigenvalue weighted by Crippen LogP contribution is 2.31. The number of hydrogen-bond acceptors (Lipinski definition) is 7. The minimum Gasteiger partial charge on any atom is -0.507 e. The second kappa shape index (κ2) is 8.51. The Morgan fingerprint density at radius 2 is 2.18 bits per heavy atom. The van der Waals surface area contributed by atoms with Gasteiger partial charge in [0.15, 0.2) is 5.82 Å². The maximum atomic E-state index is 12.7. The van der Waals surface area contributed by atoms with Crippen LogP contribution < -0.4 is 15.6 Å². The van der Waals surface area contributed by atoms with E-state index in [-0.39, 0.29) is 40.3 Å². The minimum absolute atomic E-state index is 0.112. The zero-order chi connectivity index (χ0) is 20.3. The van der Waals surface area contributed by atoms with Crippen LogP contribution in [-0.4, -0.2) is 57.1 Å². The van der Waals surface area contributed by atoms with E-state index in [0.717, 1.165) is 38.5 Å². The average molecular weight is 395 g/mol. The molecule has 2 aromatic rings. The van der Waals surface area contributed by atoms with Crippen LogP contribution in [-0.2, 0) is 7.05 Å². The van der Waals surface area contributed by atoms with Crippen LogP contribution in [0, 0.1) is 0 Å². The summed E-state index contributed by atoms with van der Waals surface area (Å²) < 4.78 is 30.1. The largest absolute Gasteiger partial charge is 0.507 e. The number of aromatic hydroxyl groups is 1. The van der Waals surface area contributed by atoms with Crippen molar-refractivity contribution in [1.82, 2.24) is 19.7 Å². The number of aromatic nitrogens is 3. The molecule has 0 unspecified atom stereocenters. The first-order valence-electron chi connectivity index (χ1n) is 9.09. The minimum atomic E-state index is -3.00. The van der Waals surface area contributed by atoms with Crippen molar-refractivity contribution in [2.45, 2.75) is 32.4 Å². The van der Waals surface area contributed by atoms with Gasteiger partial charge in [-0.25, -0.2) is 0 Å². The molecule has 0 aliphatic carbocycles. The van der Waals surface area contributed by atoms with E-state index in [1.807, 2.05) is 0 Å². The molecule has 2 heterocycles. The topological polar surface area (TPSA) is 92.5 Å². The van der Waals surface area contributed by atoms with Crippen molar-refractivity contribution in [3.63, 3.8) is 0 Å². The van der Waals surface area contributed by atoms with Crippen molar-refractivity contribution in [1.29, 1.82) is 0 Å². The lowest BCUT2D eigenvalue weighted by molar-refractivity contribution is -0.0499. The summed E-state index contributed by atoms with van der Waals surface area (Å²) in [4.78, 5) is 15.0. The van der Waals surface area contributed by atoms with Crippen LogP contribution >= 0.6 is 0 Å². The number of phenols is 1. The lowest BCUT2D eigenvalue weighted by atomic mass is 10.1. The van der Waals surface area contributed by atoms with Crippen LogP contribution in [0.15, 0.2) is 23.0 Å². The highest BCUT2D eigenvalue weighted by Gasteiger charge is 2.21. The molecule has 0 amide bonds. The standard InChI is InChI=1S/C18H23F2N5O3/c1-3-25-8-4-5-11(10-25)21-15-17(27)24(2)16(23-22-15)13-7-6-12(9-14(13)26)28-18(19)20/h6-7,9,11,18,26H,3-5,8,10H2,1-2H3,(H,21,22)/t11-/m1/s1. The SMILES string of the molecule is CCN1CCC[C@@H](Nc2nnc(-c3ccc(OC(F)F)cc3O)n(C)c2=O)C1. The molecule has 3 rings (SSSR count). The summed E-state index contributed by atoms with van der Waals surface area (Å²) in [6, 6.07) is 3.77. The van der Waals surface area contributed by atoms with E-state index >= 15 is 0 Å². The summed E-state index contributed by atoms with van der Waals surface area (Å²) in [6.07, 6.45) is 1.98. The lowest BCUT2D eigenvalue weighted by Crippen LogP contribution is -2.43. The van der Waals surface area contributed by atoms with E-state index in [2.05, 4.69) is 32.1 Å². The van der Waals surface area contributed by atoms with Crippen molar-refractivity contribution in [3.05, 3.63) is 28.6 Å². The number of likely N-dealkylation sites (N-methyl/N-ethyl adjacent to an activating group) is 1. The molecule has 1 fully saturated rings. The van der Waals surface area contributed by atoms with Crippen LogP contribution in [0.3, 0.4) is 0 Å². The second-order valence-corrected chi connectivity index (χ2v) is 6.67. The summed E-state index contributed by atoms with van der Waals surface area (Å²) >= 11 is 0. The fraction of sp³-hybridized carbons (Fsp3) is 0.500. The maximum absolute atomic E-state index is 12.7. The Morgan fingerprint density at radius 1 is 1.39 bits per heavy atom. The Bertz CT molecular complexity index is 890. The van der Waals surface area contributed by atoms with Gasteiger partial charge in [0.05, 0.1) is 5.56 Å². The summed E-state index contributed by atoms with van der Waals surface area (Å²) in [5.74, 6) is -0.263. The number of ether oxygens (including phenoxy) is 1. The Kier molecular flexibility index (Phi) is 6.08. The number of anilines is 1. The summed E-state index contributed by atoms with van der Waals surface area (Å²) in [7, 11) is 1.51. The molecule has 10 heteroatoms. The van der Waals surface area contributed by atoms with Gasteiger partial charge in [0.1, 0.15) is 11.5 Å². The first-order chi connectivity index (χ1) is 13.4. The third-order valence-electron chi connectivity index (χ3n) is 4.80. The van der Waals surface area contributed by atoms with Crippen molar-refractivity contribution >= 4 is 5.82 Å². The first-order valence-corrected chi connectivity index (χ1v) is 9.09. The van der Waals surface area contributed by atoms with Crippen molar-refractivity contribution < 1.29 is 18.6 Å². The second-order valence-electron chi connectivity index (χ2n) is 6.67. The van der Waals surface area contributed by atoms with Crippen LogP contribution in [0.5, 0.6) is 11.5 Å². The molecule has 1 aromatic heterocycles. The number of likely N-dealkylation sites (tertiary alicyclic amines) is 1. The maximum Gasteiger partial charge on any atom is 0.387 e. The summed E-state index contributed by atoms with van der Waals surface area (Å²) in [5, 5.41) is 21.3. The number of benzene rings is 1. The molecule has 8 nitrogen and oxygen atoms in total. The lowest BCUT2D eigenvalue weighted by Gasteiger charge is -2.32. The quantitative estimate of drug-likeness (QED) is 0.773. The van der Waals surface area contributed by atoms with E-state index in [0.29, 0.717) is 0 Å². The van der Waals surface area contributed by atoms with Crippen molar-refractivity contribution in [3.8, 4) is 22.9 Å². The number of alkyl halides is 2. The molecule has 28 heavy (non-hydrogen) atoms. The number of rotatable bonds is 6. The molecule has 1 aliphatic heterocycles.